The number of hydrogen-bond acceptors (Lipinski definition) is 3. The van der Waals surface area contributed by atoms with Gasteiger partial charge in [-0.1, -0.05) is 6.07 Å². The Balaban J connectivity index is 2.31. The summed E-state index contributed by atoms with van der Waals surface area (Å²) in [6.45, 7) is 2.78. The number of amides is 1. The lowest BCUT2D eigenvalue weighted by Gasteiger charge is -2.33. The van der Waals surface area contributed by atoms with Crippen molar-refractivity contribution in [3.63, 3.8) is 0 Å². The topological polar surface area (TPSA) is 57.7 Å². The van der Waals surface area contributed by atoms with E-state index in [1.807, 2.05) is 11.8 Å². The molecule has 0 spiro atoms. The monoisotopic (exact) mass is 310 g/mol. The van der Waals surface area contributed by atoms with Gasteiger partial charge >= 0.3 is 0 Å². The molecule has 0 N–H and O–H groups in total. The molecule has 2 rings (SSSR count). The van der Waals surface area contributed by atoms with Gasteiger partial charge < -0.3 is 4.90 Å². The van der Waals surface area contributed by atoms with E-state index >= 15 is 0 Å². The Hall–Kier alpha value is -1.40. The summed E-state index contributed by atoms with van der Waals surface area (Å²) in [6, 6.07) is 6.50. The number of carbonyl (C=O) groups is 1. The van der Waals surface area contributed by atoms with Crippen LogP contribution in [0.4, 0.5) is 0 Å². The first-order valence-electron chi connectivity index (χ1n) is 7.17. The first-order valence-corrected chi connectivity index (χ1v) is 8.61. The summed E-state index contributed by atoms with van der Waals surface area (Å²) in [5.74, 6) is -0.0852. The van der Waals surface area contributed by atoms with Crippen LogP contribution in [0.25, 0.3) is 0 Å². The minimum atomic E-state index is -3.51. The first-order chi connectivity index (χ1) is 9.84. The molecule has 0 bridgehead atoms. The number of sulfonamides is 1. The van der Waals surface area contributed by atoms with Crippen LogP contribution in [0.2, 0.25) is 0 Å². The molecule has 1 saturated heterocycles. The van der Waals surface area contributed by atoms with Gasteiger partial charge in [-0.25, -0.2) is 12.7 Å². The van der Waals surface area contributed by atoms with Crippen molar-refractivity contribution in [2.24, 2.45) is 0 Å². The summed E-state index contributed by atoms with van der Waals surface area (Å²) < 4.78 is 25.4. The number of likely N-dealkylation sites (tertiary alicyclic amines) is 1. The van der Waals surface area contributed by atoms with Crippen molar-refractivity contribution in [1.82, 2.24) is 9.21 Å². The quantitative estimate of drug-likeness (QED) is 0.857. The van der Waals surface area contributed by atoms with Gasteiger partial charge in [-0.05, 0) is 44.4 Å². The molecule has 1 aromatic carbocycles. The van der Waals surface area contributed by atoms with Crippen LogP contribution >= 0.6 is 0 Å². The zero-order chi connectivity index (χ0) is 15.6. The summed E-state index contributed by atoms with van der Waals surface area (Å²) >= 11 is 0. The normalized spacial score (nSPS) is 19.8. The van der Waals surface area contributed by atoms with Crippen molar-refractivity contribution in [3.05, 3.63) is 29.8 Å². The van der Waals surface area contributed by atoms with Gasteiger partial charge in [0.1, 0.15) is 0 Å². The second-order valence-corrected chi connectivity index (χ2v) is 7.81. The molecule has 1 heterocycles. The van der Waals surface area contributed by atoms with E-state index in [2.05, 4.69) is 0 Å². The highest BCUT2D eigenvalue weighted by Gasteiger charge is 2.25. The van der Waals surface area contributed by atoms with Gasteiger partial charge in [0, 0.05) is 32.2 Å². The fraction of sp³-hybridized carbons (Fsp3) is 0.533. The highest BCUT2D eigenvalue weighted by Crippen LogP contribution is 2.21. The number of carbonyl (C=O) groups excluding carboxylic acids is 1. The van der Waals surface area contributed by atoms with E-state index < -0.39 is 10.0 Å². The predicted molar refractivity (Wildman–Crippen MR) is 81.7 cm³/mol. The Morgan fingerprint density at radius 2 is 2.00 bits per heavy atom. The third-order valence-corrected chi connectivity index (χ3v) is 5.73. The summed E-state index contributed by atoms with van der Waals surface area (Å²) in [6.07, 6.45) is 3.15. The van der Waals surface area contributed by atoms with Crippen molar-refractivity contribution >= 4 is 15.9 Å². The van der Waals surface area contributed by atoms with E-state index in [4.69, 9.17) is 0 Å². The average Bonchev–Trinajstić information content (AvgIpc) is 2.47. The molecule has 0 saturated carbocycles. The summed E-state index contributed by atoms with van der Waals surface area (Å²) in [7, 11) is -0.549. The molecule has 6 heteroatoms. The van der Waals surface area contributed by atoms with Crippen LogP contribution in [0.3, 0.4) is 0 Å². The second kappa shape index (κ2) is 6.15. The van der Waals surface area contributed by atoms with Gasteiger partial charge in [-0.3, -0.25) is 4.79 Å². The minimum absolute atomic E-state index is 0.0852. The van der Waals surface area contributed by atoms with Gasteiger partial charge in [0.2, 0.25) is 10.0 Å². The number of nitrogens with zero attached hydrogens (tertiary/aromatic N) is 2. The highest BCUT2D eigenvalue weighted by atomic mass is 32.2. The molecule has 1 amide bonds. The van der Waals surface area contributed by atoms with Crippen molar-refractivity contribution in [2.45, 2.75) is 37.1 Å². The molecule has 116 valence electrons. The molecule has 0 unspecified atom stereocenters. The molecule has 21 heavy (non-hydrogen) atoms. The molecule has 1 aliphatic heterocycles. The lowest BCUT2D eigenvalue weighted by atomic mass is 10.0. The smallest absolute Gasteiger partial charge is 0.254 e. The maximum atomic E-state index is 12.6. The zero-order valence-corrected chi connectivity index (χ0v) is 13.6. The average molecular weight is 310 g/mol. The molecule has 0 aromatic heterocycles. The van der Waals surface area contributed by atoms with Crippen molar-refractivity contribution in [3.8, 4) is 0 Å². The molecule has 1 aromatic rings. The van der Waals surface area contributed by atoms with E-state index in [0.29, 0.717) is 5.56 Å². The maximum absolute atomic E-state index is 12.6. The van der Waals surface area contributed by atoms with E-state index in [9.17, 15) is 13.2 Å². The fourth-order valence-corrected chi connectivity index (χ4v) is 3.51. The van der Waals surface area contributed by atoms with Crippen LogP contribution in [0.1, 0.15) is 36.5 Å². The SMILES string of the molecule is C[C@@H]1CCCCN1C(=O)c1cccc(S(=O)(=O)N(C)C)c1. The number of benzene rings is 1. The summed E-state index contributed by atoms with van der Waals surface area (Å²) in [5, 5.41) is 0. The van der Waals surface area contributed by atoms with E-state index in [1.165, 1.54) is 26.2 Å². The Bertz CT molecular complexity index is 626. The van der Waals surface area contributed by atoms with Crippen LogP contribution in [-0.4, -0.2) is 50.2 Å². The fourth-order valence-electron chi connectivity index (χ4n) is 2.57. The van der Waals surface area contributed by atoms with Gasteiger partial charge in [0.25, 0.3) is 5.91 Å². The van der Waals surface area contributed by atoms with Gasteiger partial charge in [0.15, 0.2) is 0 Å². The number of hydrogen-bond donors (Lipinski definition) is 0. The highest BCUT2D eigenvalue weighted by molar-refractivity contribution is 7.89. The van der Waals surface area contributed by atoms with E-state index in [-0.39, 0.29) is 16.8 Å². The van der Waals surface area contributed by atoms with Crippen LogP contribution in [0.15, 0.2) is 29.2 Å². The standard InChI is InChI=1S/C15H22N2O3S/c1-12-7-4-5-10-17(12)15(18)13-8-6-9-14(11-13)21(19,20)16(2)3/h6,8-9,11-12H,4-5,7,10H2,1-3H3/t12-/m1/s1. The summed E-state index contributed by atoms with van der Waals surface area (Å²) in [5.41, 5.74) is 0.437. The van der Waals surface area contributed by atoms with Crippen LogP contribution in [0, 0.1) is 0 Å². The first kappa shape index (κ1) is 16.0. The second-order valence-electron chi connectivity index (χ2n) is 5.66. The van der Waals surface area contributed by atoms with Crippen LogP contribution < -0.4 is 0 Å². The van der Waals surface area contributed by atoms with Gasteiger partial charge in [-0.2, -0.15) is 0 Å². The zero-order valence-electron chi connectivity index (χ0n) is 12.7. The molecule has 0 radical (unpaired) electrons. The minimum Gasteiger partial charge on any atom is -0.336 e. The Morgan fingerprint density at radius 1 is 1.29 bits per heavy atom. The molecule has 1 aliphatic rings. The van der Waals surface area contributed by atoms with E-state index in [0.717, 1.165) is 30.1 Å². The number of piperidine rings is 1. The third kappa shape index (κ3) is 3.27. The largest absolute Gasteiger partial charge is 0.336 e. The lowest BCUT2D eigenvalue weighted by Crippen LogP contribution is -2.42. The number of rotatable bonds is 3. The van der Waals surface area contributed by atoms with E-state index in [1.54, 1.807) is 12.1 Å². The summed E-state index contributed by atoms with van der Waals surface area (Å²) in [4.78, 5) is 14.6. The molecular weight excluding hydrogens is 288 g/mol. The molecule has 0 aliphatic carbocycles. The van der Waals surface area contributed by atoms with Crippen LogP contribution in [0.5, 0.6) is 0 Å². The van der Waals surface area contributed by atoms with Gasteiger partial charge in [-0.15, -0.1) is 0 Å². The molecule has 5 nitrogen and oxygen atoms in total. The predicted octanol–water partition coefficient (Wildman–Crippen LogP) is 1.95. The molecule has 1 atom stereocenters. The Labute approximate surface area is 126 Å². The third-order valence-electron chi connectivity index (χ3n) is 3.92. The van der Waals surface area contributed by atoms with Crippen molar-refractivity contribution in [1.29, 1.82) is 0 Å². The molecular formula is C15H22N2O3S. The Morgan fingerprint density at radius 3 is 2.62 bits per heavy atom. The van der Waals surface area contributed by atoms with Crippen LogP contribution in [-0.2, 0) is 10.0 Å². The lowest BCUT2D eigenvalue weighted by molar-refractivity contribution is 0.0635. The molecule has 1 fully saturated rings. The van der Waals surface area contributed by atoms with Crippen molar-refractivity contribution in [2.75, 3.05) is 20.6 Å². The van der Waals surface area contributed by atoms with Crippen molar-refractivity contribution < 1.29 is 13.2 Å². The Kier molecular flexibility index (Phi) is 4.68. The maximum Gasteiger partial charge on any atom is 0.254 e. The van der Waals surface area contributed by atoms with Gasteiger partial charge in [0.05, 0.1) is 4.90 Å².